The first-order valence-corrected chi connectivity index (χ1v) is 5.07. The molecule has 2 heteroatoms. The summed E-state index contributed by atoms with van der Waals surface area (Å²) in [5.41, 5.74) is 0. The maximum absolute atomic E-state index is 5.71. The van der Waals surface area contributed by atoms with Gasteiger partial charge in [0.05, 0.1) is 0 Å². The van der Waals surface area contributed by atoms with Gasteiger partial charge in [-0.1, -0.05) is 12.2 Å². The second-order valence-electron chi connectivity index (χ2n) is 3.95. The highest BCUT2D eigenvalue weighted by atomic mass is 16.7. The van der Waals surface area contributed by atoms with Gasteiger partial charge < -0.3 is 9.47 Å². The van der Waals surface area contributed by atoms with Gasteiger partial charge in [-0.05, 0) is 18.9 Å². The maximum atomic E-state index is 5.71. The number of hydrogen-bond donors (Lipinski definition) is 0. The van der Waals surface area contributed by atoms with Gasteiger partial charge in [-0.2, -0.15) is 0 Å². The first-order chi connectivity index (χ1) is 6.38. The third-order valence-electron chi connectivity index (χ3n) is 3.25. The van der Waals surface area contributed by atoms with Crippen LogP contribution < -0.4 is 0 Å². The minimum atomic E-state index is 0.0243. The summed E-state index contributed by atoms with van der Waals surface area (Å²) in [5, 5.41) is 0. The number of allylic oxidation sites excluding steroid dienone is 4. The van der Waals surface area contributed by atoms with E-state index < -0.39 is 0 Å². The third kappa shape index (κ3) is 0.983. The second-order valence-corrected chi connectivity index (χ2v) is 3.95. The van der Waals surface area contributed by atoms with Crippen molar-refractivity contribution >= 4 is 0 Å². The first kappa shape index (κ1) is 7.63. The van der Waals surface area contributed by atoms with Crippen LogP contribution in [0.2, 0.25) is 0 Å². The van der Waals surface area contributed by atoms with Crippen LogP contribution in [-0.2, 0) is 9.47 Å². The Morgan fingerprint density at radius 3 is 3.15 bits per heavy atom. The number of fused-ring (bicyclic) bond motifs is 3. The molecule has 13 heavy (non-hydrogen) atoms. The van der Waals surface area contributed by atoms with Crippen molar-refractivity contribution in [2.45, 2.75) is 19.6 Å². The van der Waals surface area contributed by atoms with Gasteiger partial charge in [-0.15, -0.1) is 0 Å². The van der Waals surface area contributed by atoms with Gasteiger partial charge in [0.15, 0.2) is 6.29 Å². The van der Waals surface area contributed by atoms with Crippen molar-refractivity contribution in [3.63, 3.8) is 0 Å². The highest BCUT2D eigenvalue weighted by molar-refractivity contribution is 5.30. The average molecular weight is 178 g/mol. The molecular formula is C11H14O2. The van der Waals surface area contributed by atoms with Crippen LogP contribution in [0.1, 0.15) is 13.3 Å². The van der Waals surface area contributed by atoms with Gasteiger partial charge in [0.25, 0.3) is 0 Å². The molecule has 1 saturated heterocycles. The van der Waals surface area contributed by atoms with E-state index in [1.807, 2.05) is 6.92 Å². The summed E-state index contributed by atoms with van der Waals surface area (Å²) in [6.07, 6.45) is 7.89. The number of rotatable bonds is 2. The predicted octanol–water partition coefficient (Wildman–Crippen LogP) is 2.09. The van der Waals surface area contributed by atoms with Crippen LogP contribution in [0.3, 0.4) is 0 Å². The Morgan fingerprint density at radius 2 is 2.46 bits per heavy atom. The lowest BCUT2D eigenvalue weighted by molar-refractivity contribution is -0.0895. The summed E-state index contributed by atoms with van der Waals surface area (Å²) >= 11 is 0. The number of hydrogen-bond acceptors (Lipinski definition) is 2. The Kier molecular flexibility index (Phi) is 1.53. The van der Waals surface area contributed by atoms with Crippen LogP contribution in [0, 0.1) is 17.8 Å². The minimum absolute atomic E-state index is 0.0243. The lowest BCUT2D eigenvalue weighted by Gasteiger charge is -2.25. The zero-order chi connectivity index (χ0) is 8.84. The van der Waals surface area contributed by atoms with E-state index in [1.54, 1.807) is 0 Å². The Balaban J connectivity index is 1.73. The van der Waals surface area contributed by atoms with Crippen LogP contribution in [0.25, 0.3) is 0 Å². The highest BCUT2D eigenvalue weighted by Crippen LogP contribution is 2.50. The molecular weight excluding hydrogens is 164 g/mol. The zero-order valence-corrected chi connectivity index (χ0v) is 7.77. The van der Waals surface area contributed by atoms with E-state index >= 15 is 0 Å². The van der Waals surface area contributed by atoms with Crippen molar-refractivity contribution < 1.29 is 9.47 Å². The largest absolute Gasteiger partial charge is 0.469 e. The molecule has 3 rings (SSSR count). The summed E-state index contributed by atoms with van der Waals surface area (Å²) in [7, 11) is 0. The van der Waals surface area contributed by atoms with Crippen molar-refractivity contribution in [3.05, 3.63) is 24.0 Å². The average Bonchev–Trinajstić information content (AvgIpc) is 2.51. The van der Waals surface area contributed by atoms with E-state index in [4.69, 9.17) is 9.47 Å². The molecule has 0 unspecified atom stereocenters. The van der Waals surface area contributed by atoms with Crippen molar-refractivity contribution in [1.29, 1.82) is 0 Å². The molecule has 1 heterocycles. The monoisotopic (exact) mass is 178 g/mol. The maximum Gasteiger partial charge on any atom is 0.200 e. The highest BCUT2D eigenvalue weighted by Gasteiger charge is 2.45. The first-order valence-electron chi connectivity index (χ1n) is 5.07. The lowest BCUT2D eigenvalue weighted by atomic mass is 9.78. The fourth-order valence-electron chi connectivity index (χ4n) is 2.53. The molecule has 2 nitrogen and oxygen atoms in total. The Bertz CT molecular complexity index is 280. The van der Waals surface area contributed by atoms with E-state index in [2.05, 4.69) is 18.2 Å². The van der Waals surface area contributed by atoms with Crippen molar-refractivity contribution in [2.24, 2.45) is 17.8 Å². The smallest absolute Gasteiger partial charge is 0.200 e. The van der Waals surface area contributed by atoms with Gasteiger partial charge in [0.2, 0.25) is 0 Å². The van der Waals surface area contributed by atoms with Crippen LogP contribution >= 0.6 is 0 Å². The van der Waals surface area contributed by atoms with Crippen molar-refractivity contribution in [2.75, 3.05) is 6.61 Å². The molecule has 0 aromatic heterocycles. The predicted molar refractivity (Wildman–Crippen MR) is 48.8 cm³/mol. The lowest BCUT2D eigenvalue weighted by Crippen LogP contribution is -2.20. The van der Waals surface area contributed by atoms with Crippen LogP contribution in [0.4, 0.5) is 0 Å². The zero-order valence-electron chi connectivity index (χ0n) is 7.77. The summed E-state index contributed by atoms with van der Waals surface area (Å²) in [6, 6.07) is 0. The molecule has 3 aliphatic rings. The van der Waals surface area contributed by atoms with E-state index in [1.165, 1.54) is 5.76 Å². The molecule has 0 spiro atoms. The SMILES string of the molecule is CCO[C@H]1C[C@@H]2C(=C[C@@H]3C=C[C@@H]32)O1. The summed E-state index contributed by atoms with van der Waals surface area (Å²) in [4.78, 5) is 0. The molecule has 4 atom stereocenters. The van der Waals surface area contributed by atoms with Gasteiger partial charge in [-0.3, -0.25) is 0 Å². The molecule has 0 aromatic carbocycles. The molecule has 0 radical (unpaired) electrons. The quantitative estimate of drug-likeness (QED) is 0.603. The van der Waals surface area contributed by atoms with Crippen LogP contribution in [0.15, 0.2) is 24.0 Å². The third-order valence-corrected chi connectivity index (χ3v) is 3.25. The van der Waals surface area contributed by atoms with E-state index in [0.29, 0.717) is 11.8 Å². The van der Waals surface area contributed by atoms with Crippen molar-refractivity contribution in [3.8, 4) is 0 Å². The Labute approximate surface area is 78.2 Å². The second kappa shape index (κ2) is 2.61. The van der Waals surface area contributed by atoms with Gasteiger partial charge in [-0.25, -0.2) is 0 Å². The molecule has 0 amide bonds. The Hall–Kier alpha value is -0.760. The molecule has 2 aliphatic carbocycles. The molecule has 0 bridgehead atoms. The van der Waals surface area contributed by atoms with Gasteiger partial charge in [0.1, 0.15) is 5.76 Å². The molecule has 0 N–H and O–H groups in total. The molecule has 70 valence electrons. The normalized spacial score (nSPS) is 44.8. The van der Waals surface area contributed by atoms with Gasteiger partial charge in [0, 0.05) is 24.9 Å². The van der Waals surface area contributed by atoms with Gasteiger partial charge >= 0.3 is 0 Å². The molecule has 1 fully saturated rings. The van der Waals surface area contributed by atoms with Crippen LogP contribution in [-0.4, -0.2) is 12.9 Å². The van der Waals surface area contributed by atoms with E-state index in [-0.39, 0.29) is 6.29 Å². The topological polar surface area (TPSA) is 18.5 Å². The summed E-state index contributed by atoms with van der Waals surface area (Å²) < 4.78 is 11.2. The van der Waals surface area contributed by atoms with Crippen LogP contribution in [0.5, 0.6) is 0 Å². The standard InChI is InChI=1S/C11H14O2/c1-2-12-11-6-9-8-4-3-7(8)5-10(9)13-11/h3-5,7-9,11H,2,6H2,1H3/t7-,8-,9-,11+/m0/s1. The van der Waals surface area contributed by atoms with E-state index in [9.17, 15) is 0 Å². The molecule has 1 aliphatic heterocycles. The Morgan fingerprint density at radius 1 is 1.54 bits per heavy atom. The number of ether oxygens (including phenoxy) is 2. The fraction of sp³-hybridized carbons (Fsp3) is 0.636. The minimum Gasteiger partial charge on any atom is -0.469 e. The molecule has 0 saturated carbocycles. The van der Waals surface area contributed by atoms with E-state index in [0.717, 1.165) is 18.9 Å². The summed E-state index contributed by atoms with van der Waals surface area (Å²) in [5.74, 6) is 3.19. The summed E-state index contributed by atoms with van der Waals surface area (Å²) in [6.45, 7) is 2.76. The molecule has 0 aromatic rings. The fourth-order valence-corrected chi connectivity index (χ4v) is 2.53. The van der Waals surface area contributed by atoms with Crippen molar-refractivity contribution in [1.82, 2.24) is 0 Å².